The van der Waals surface area contributed by atoms with E-state index in [4.69, 9.17) is 9.47 Å². The predicted molar refractivity (Wildman–Crippen MR) is 131 cm³/mol. The van der Waals surface area contributed by atoms with Crippen LogP contribution in [-0.2, 0) is 19.1 Å². The molecule has 0 aromatic rings. The number of carbonyl (C=O) groups is 2. The number of rotatable bonds is 0. The van der Waals surface area contributed by atoms with Crippen LogP contribution in [-0.4, -0.2) is 46.6 Å². The van der Waals surface area contributed by atoms with Crippen molar-refractivity contribution in [3.8, 4) is 0 Å². The highest BCUT2D eigenvalue weighted by Crippen LogP contribution is 2.76. The Morgan fingerprint density at radius 1 is 1.03 bits per heavy atom. The fourth-order valence-electron chi connectivity index (χ4n) is 10.5. The van der Waals surface area contributed by atoms with Gasteiger partial charge in [-0.05, 0) is 64.7 Å². The lowest BCUT2D eigenvalue weighted by atomic mass is 9.52. The summed E-state index contributed by atoms with van der Waals surface area (Å²) < 4.78 is 11.9. The Morgan fingerprint density at radius 3 is 2.53 bits per heavy atom. The number of fused-ring (bicyclic) bond motifs is 6. The molecule has 0 aromatic heterocycles. The molecule has 11 unspecified atom stereocenters. The Labute approximate surface area is 212 Å². The van der Waals surface area contributed by atoms with E-state index in [1.165, 1.54) is 16.7 Å². The van der Waals surface area contributed by atoms with Crippen molar-refractivity contribution in [3.05, 3.63) is 34.4 Å². The average Bonchev–Trinajstić information content (AvgIpc) is 3.38. The number of allylic oxidation sites excluding steroid dienone is 1. The van der Waals surface area contributed by atoms with E-state index in [-0.39, 0.29) is 53.2 Å². The Kier molecular flexibility index (Phi) is 4.47. The second kappa shape index (κ2) is 6.93. The van der Waals surface area contributed by atoms with Crippen molar-refractivity contribution in [3.63, 3.8) is 0 Å². The van der Waals surface area contributed by atoms with Crippen LogP contribution < -0.4 is 0 Å². The van der Waals surface area contributed by atoms with Gasteiger partial charge in [0.05, 0.1) is 17.6 Å². The van der Waals surface area contributed by atoms with Crippen molar-refractivity contribution < 1.29 is 29.3 Å². The van der Waals surface area contributed by atoms with Crippen LogP contribution in [0.15, 0.2) is 34.4 Å². The largest absolute Gasteiger partial charge is 0.462 e. The SMILES string of the molecule is C=C1C(=O)OC2CC(C)C34CC5(C(=O)OC6CC7(C)C(=C(C)CCC7O)CC65)C(C(C)=C3CC12)C4O. The van der Waals surface area contributed by atoms with Gasteiger partial charge >= 0.3 is 11.9 Å². The summed E-state index contributed by atoms with van der Waals surface area (Å²) in [6, 6.07) is 0. The zero-order valence-corrected chi connectivity index (χ0v) is 21.8. The van der Waals surface area contributed by atoms with E-state index in [0.29, 0.717) is 31.3 Å². The number of carbonyl (C=O) groups excluding carboxylic acids is 2. The number of esters is 2. The topological polar surface area (TPSA) is 93.1 Å². The summed E-state index contributed by atoms with van der Waals surface area (Å²) in [5.41, 5.74) is 3.95. The lowest BCUT2D eigenvalue weighted by Crippen LogP contribution is -2.50. The molecule has 36 heavy (non-hydrogen) atoms. The molecular weight excluding hydrogens is 456 g/mol. The molecule has 0 radical (unpaired) electrons. The Bertz CT molecular complexity index is 1180. The van der Waals surface area contributed by atoms with Gasteiger partial charge < -0.3 is 19.7 Å². The average molecular weight is 495 g/mol. The number of hydrogen-bond acceptors (Lipinski definition) is 6. The predicted octanol–water partition coefficient (Wildman–Crippen LogP) is 4.01. The fraction of sp³-hybridized carbons (Fsp3) is 0.733. The first-order valence-electron chi connectivity index (χ1n) is 13.8. The summed E-state index contributed by atoms with van der Waals surface area (Å²) in [4.78, 5) is 26.2. The third-order valence-electron chi connectivity index (χ3n) is 12.3. The maximum Gasteiger partial charge on any atom is 0.334 e. The molecule has 194 valence electrons. The minimum absolute atomic E-state index is 0.00611. The van der Waals surface area contributed by atoms with Gasteiger partial charge in [0, 0.05) is 34.2 Å². The van der Waals surface area contributed by atoms with Gasteiger partial charge in [0.15, 0.2) is 0 Å². The first kappa shape index (κ1) is 23.2. The van der Waals surface area contributed by atoms with Gasteiger partial charge in [-0.15, -0.1) is 0 Å². The van der Waals surface area contributed by atoms with Crippen molar-refractivity contribution in [1.29, 1.82) is 0 Å². The van der Waals surface area contributed by atoms with Crippen LogP contribution in [0.3, 0.4) is 0 Å². The van der Waals surface area contributed by atoms with Crippen molar-refractivity contribution >= 4 is 11.9 Å². The van der Waals surface area contributed by atoms with Gasteiger partial charge in [-0.1, -0.05) is 42.7 Å². The summed E-state index contributed by atoms with van der Waals surface area (Å²) in [5, 5.41) is 23.0. The van der Waals surface area contributed by atoms with Crippen molar-refractivity contribution in [2.75, 3.05) is 0 Å². The summed E-state index contributed by atoms with van der Waals surface area (Å²) in [6.45, 7) is 12.6. The lowest BCUT2D eigenvalue weighted by molar-refractivity contribution is -0.151. The molecule has 5 aliphatic carbocycles. The molecule has 7 rings (SSSR count). The number of aliphatic hydroxyl groups excluding tert-OH is 2. The van der Waals surface area contributed by atoms with E-state index in [9.17, 15) is 19.8 Å². The molecule has 2 N–H and O–H groups in total. The molecule has 0 aromatic carbocycles. The highest BCUT2D eigenvalue weighted by atomic mass is 16.6. The first-order chi connectivity index (χ1) is 17.0. The van der Waals surface area contributed by atoms with Crippen LogP contribution in [0.5, 0.6) is 0 Å². The van der Waals surface area contributed by atoms with Gasteiger partial charge in [-0.2, -0.15) is 0 Å². The van der Waals surface area contributed by atoms with Gasteiger partial charge in [-0.25, -0.2) is 4.79 Å². The molecule has 11 atom stereocenters. The van der Waals surface area contributed by atoms with Crippen molar-refractivity contribution in [2.24, 2.45) is 39.9 Å². The minimum atomic E-state index is -0.740. The Hall–Kier alpha value is -1.92. The second-order valence-corrected chi connectivity index (χ2v) is 13.4. The number of ether oxygens (including phenoxy) is 2. The molecule has 2 spiro atoms. The van der Waals surface area contributed by atoms with Gasteiger partial charge in [-0.3, -0.25) is 4.79 Å². The van der Waals surface area contributed by atoms with E-state index < -0.39 is 23.0 Å². The molecular formula is C30H38O6. The number of aliphatic hydroxyl groups is 2. The zero-order chi connectivity index (χ0) is 25.5. The summed E-state index contributed by atoms with van der Waals surface area (Å²) in [7, 11) is 0. The molecule has 2 aliphatic heterocycles. The van der Waals surface area contributed by atoms with E-state index in [2.05, 4.69) is 34.3 Å². The minimum Gasteiger partial charge on any atom is -0.462 e. The molecule has 6 nitrogen and oxygen atoms in total. The van der Waals surface area contributed by atoms with E-state index in [0.717, 1.165) is 24.8 Å². The molecule has 3 saturated carbocycles. The van der Waals surface area contributed by atoms with Gasteiger partial charge in [0.1, 0.15) is 12.2 Å². The molecule has 6 heteroatoms. The molecule has 2 heterocycles. The summed E-state index contributed by atoms with van der Waals surface area (Å²) >= 11 is 0. The quantitative estimate of drug-likeness (QED) is 0.300. The first-order valence-corrected chi connectivity index (χ1v) is 13.8. The third-order valence-corrected chi connectivity index (χ3v) is 12.3. The normalized spacial score (nSPS) is 53.2. The van der Waals surface area contributed by atoms with Crippen molar-refractivity contribution in [1.82, 2.24) is 0 Å². The van der Waals surface area contributed by atoms with Gasteiger partial charge in [0.2, 0.25) is 0 Å². The number of hydrogen-bond donors (Lipinski definition) is 2. The lowest BCUT2D eigenvalue weighted by Gasteiger charge is -2.50. The van der Waals surface area contributed by atoms with E-state index in [1.807, 2.05) is 0 Å². The van der Waals surface area contributed by atoms with Gasteiger partial charge in [0.25, 0.3) is 0 Å². The van der Waals surface area contributed by atoms with Crippen LogP contribution in [0.1, 0.15) is 72.6 Å². The monoisotopic (exact) mass is 494 g/mol. The Morgan fingerprint density at radius 2 is 1.78 bits per heavy atom. The second-order valence-electron chi connectivity index (χ2n) is 13.4. The van der Waals surface area contributed by atoms with Crippen molar-refractivity contribution in [2.45, 2.75) is 97.1 Å². The van der Waals surface area contributed by atoms with Crippen LogP contribution in [0.2, 0.25) is 0 Å². The van der Waals surface area contributed by atoms with E-state index >= 15 is 0 Å². The van der Waals surface area contributed by atoms with E-state index in [1.54, 1.807) is 0 Å². The maximum atomic E-state index is 14.0. The maximum absolute atomic E-state index is 14.0. The third kappa shape index (κ3) is 2.38. The van der Waals surface area contributed by atoms with Crippen LogP contribution in [0, 0.1) is 39.9 Å². The Balaban J connectivity index is 1.34. The smallest absolute Gasteiger partial charge is 0.334 e. The fourth-order valence-corrected chi connectivity index (χ4v) is 10.5. The van der Waals surface area contributed by atoms with Crippen LogP contribution in [0.25, 0.3) is 0 Å². The highest BCUT2D eigenvalue weighted by molar-refractivity contribution is 5.91. The molecule has 5 fully saturated rings. The summed E-state index contributed by atoms with van der Waals surface area (Å²) in [5.74, 6) is -0.696. The molecule has 2 bridgehead atoms. The van der Waals surface area contributed by atoms with Crippen LogP contribution in [0.4, 0.5) is 0 Å². The van der Waals surface area contributed by atoms with Crippen LogP contribution >= 0.6 is 0 Å². The zero-order valence-electron chi connectivity index (χ0n) is 21.8. The molecule has 0 amide bonds. The molecule has 7 aliphatic rings. The molecule has 2 saturated heterocycles. The highest BCUT2D eigenvalue weighted by Gasteiger charge is 2.78. The standard InChI is InChI=1S/C30H38O6/c1-13-6-7-23(31)28(5)11-22-20(10-18(13)28)30(27(34)36-22)12-29-14(2)8-21-17(15(3)26(33)35-21)9-19(29)16(4)24(30)25(29)32/h14,17,20-25,31-32H,3,6-12H2,1-2,4-5H3. The summed E-state index contributed by atoms with van der Waals surface area (Å²) in [6.07, 6.45) is 3.51.